The van der Waals surface area contributed by atoms with Crippen LogP contribution < -0.4 is 10.9 Å². The number of hydrogen-bond donors (Lipinski definition) is 2. The summed E-state index contributed by atoms with van der Waals surface area (Å²) in [5.41, 5.74) is 0.0571. The Kier molecular flexibility index (Phi) is 3.57. The largest absolute Gasteiger partial charge is 0.463 e. The number of nitrogens with one attached hydrogen (secondary N) is 2. The Morgan fingerprint density at radius 1 is 1.41 bits per heavy atom. The van der Waals surface area contributed by atoms with Crippen LogP contribution in [0.15, 0.2) is 46.1 Å². The van der Waals surface area contributed by atoms with Gasteiger partial charge in [-0.1, -0.05) is 0 Å². The van der Waals surface area contributed by atoms with E-state index in [1.165, 1.54) is 18.7 Å². The van der Waals surface area contributed by atoms with Crippen molar-refractivity contribution in [3.05, 3.63) is 58.6 Å². The molecule has 0 atom stereocenters. The van der Waals surface area contributed by atoms with Crippen molar-refractivity contribution in [1.29, 1.82) is 0 Å². The number of aromatic amines is 1. The standard InChI is InChI=1S/C14H13N5O3/c1-19-8-16-18-12(19)7-15-13(20)9-4-5-10(17-14(9)21)11-3-2-6-22-11/h2-6,8H,7H2,1H3,(H,15,20)(H,17,21). The maximum absolute atomic E-state index is 12.1. The minimum Gasteiger partial charge on any atom is -0.463 e. The highest BCUT2D eigenvalue weighted by Gasteiger charge is 2.13. The molecule has 22 heavy (non-hydrogen) atoms. The van der Waals surface area contributed by atoms with E-state index in [1.807, 2.05) is 0 Å². The highest BCUT2D eigenvalue weighted by molar-refractivity contribution is 5.93. The number of carbonyl (C=O) groups is 1. The average Bonchev–Trinajstić information content (AvgIpc) is 3.16. The maximum Gasteiger partial charge on any atom is 0.261 e. The molecular weight excluding hydrogens is 286 g/mol. The summed E-state index contributed by atoms with van der Waals surface area (Å²) in [4.78, 5) is 26.7. The number of amides is 1. The van der Waals surface area contributed by atoms with Crippen molar-refractivity contribution in [2.45, 2.75) is 6.54 Å². The molecule has 0 aromatic carbocycles. The smallest absolute Gasteiger partial charge is 0.261 e. The molecule has 0 aliphatic rings. The number of pyridine rings is 1. The maximum atomic E-state index is 12.1. The van der Waals surface area contributed by atoms with Gasteiger partial charge in [0, 0.05) is 7.05 Å². The molecule has 0 aliphatic carbocycles. The topological polar surface area (TPSA) is 106 Å². The van der Waals surface area contributed by atoms with Gasteiger partial charge in [0.25, 0.3) is 11.5 Å². The zero-order valence-electron chi connectivity index (χ0n) is 11.7. The molecule has 3 aromatic heterocycles. The summed E-state index contributed by atoms with van der Waals surface area (Å²) in [6.45, 7) is 0.189. The molecule has 0 saturated carbocycles. The third-order valence-electron chi connectivity index (χ3n) is 3.15. The van der Waals surface area contributed by atoms with Gasteiger partial charge in [-0.3, -0.25) is 9.59 Å². The summed E-state index contributed by atoms with van der Waals surface area (Å²) >= 11 is 0. The van der Waals surface area contributed by atoms with Crippen molar-refractivity contribution in [3.63, 3.8) is 0 Å². The van der Waals surface area contributed by atoms with Gasteiger partial charge in [-0.15, -0.1) is 10.2 Å². The summed E-state index contributed by atoms with van der Waals surface area (Å²) in [6.07, 6.45) is 3.04. The van der Waals surface area contributed by atoms with E-state index in [4.69, 9.17) is 4.42 Å². The van der Waals surface area contributed by atoms with Crippen LogP contribution in [0.5, 0.6) is 0 Å². The van der Waals surface area contributed by atoms with Gasteiger partial charge in [-0.2, -0.15) is 0 Å². The number of H-pyrrole nitrogens is 1. The van der Waals surface area contributed by atoms with Crippen LogP contribution in [0.2, 0.25) is 0 Å². The lowest BCUT2D eigenvalue weighted by molar-refractivity contribution is 0.0948. The van der Waals surface area contributed by atoms with E-state index < -0.39 is 11.5 Å². The SMILES string of the molecule is Cn1cnnc1CNC(=O)c1ccc(-c2ccco2)[nH]c1=O. The summed E-state index contributed by atoms with van der Waals surface area (Å²) in [5.74, 6) is 0.648. The quantitative estimate of drug-likeness (QED) is 0.737. The highest BCUT2D eigenvalue weighted by atomic mass is 16.3. The molecule has 8 heteroatoms. The molecule has 0 radical (unpaired) electrons. The molecule has 3 rings (SSSR count). The number of nitrogens with zero attached hydrogens (tertiary/aromatic N) is 3. The van der Waals surface area contributed by atoms with E-state index in [0.29, 0.717) is 17.3 Å². The Labute approximate surface area is 124 Å². The van der Waals surface area contributed by atoms with Crippen molar-refractivity contribution < 1.29 is 9.21 Å². The Balaban J connectivity index is 1.76. The molecule has 0 spiro atoms. The van der Waals surface area contributed by atoms with Crippen LogP contribution >= 0.6 is 0 Å². The predicted molar refractivity (Wildman–Crippen MR) is 76.9 cm³/mol. The van der Waals surface area contributed by atoms with E-state index in [9.17, 15) is 9.59 Å². The van der Waals surface area contributed by atoms with Gasteiger partial charge < -0.3 is 19.3 Å². The van der Waals surface area contributed by atoms with Crippen molar-refractivity contribution >= 4 is 5.91 Å². The summed E-state index contributed by atoms with van der Waals surface area (Å²) in [6, 6.07) is 6.52. The fraction of sp³-hybridized carbons (Fsp3) is 0.143. The first kappa shape index (κ1) is 13.8. The molecule has 8 nitrogen and oxygen atoms in total. The van der Waals surface area contributed by atoms with Gasteiger partial charge in [-0.25, -0.2) is 0 Å². The van der Waals surface area contributed by atoms with Crippen LogP contribution in [-0.2, 0) is 13.6 Å². The van der Waals surface area contributed by atoms with Crippen molar-refractivity contribution in [2.24, 2.45) is 7.05 Å². The van der Waals surface area contributed by atoms with Crippen LogP contribution in [0.25, 0.3) is 11.5 Å². The van der Waals surface area contributed by atoms with Gasteiger partial charge in [0.15, 0.2) is 5.82 Å². The second-order valence-electron chi connectivity index (χ2n) is 4.63. The first-order valence-corrected chi connectivity index (χ1v) is 6.53. The fourth-order valence-electron chi connectivity index (χ4n) is 1.95. The van der Waals surface area contributed by atoms with E-state index in [0.717, 1.165) is 0 Å². The first-order chi connectivity index (χ1) is 10.6. The van der Waals surface area contributed by atoms with Crippen molar-refractivity contribution in [3.8, 4) is 11.5 Å². The van der Waals surface area contributed by atoms with Gasteiger partial charge >= 0.3 is 0 Å². The molecule has 1 amide bonds. The van der Waals surface area contributed by atoms with Crippen LogP contribution in [0.4, 0.5) is 0 Å². The Morgan fingerprint density at radius 3 is 2.91 bits per heavy atom. The minimum absolute atomic E-state index is 0.0254. The van der Waals surface area contributed by atoms with E-state index in [1.54, 1.807) is 29.8 Å². The lowest BCUT2D eigenvalue weighted by Gasteiger charge is -2.05. The van der Waals surface area contributed by atoms with Crippen molar-refractivity contribution in [1.82, 2.24) is 25.1 Å². The number of rotatable bonds is 4. The normalized spacial score (nSPS) is 10.6. The molecule has 112 valence electrons. The van der Waals surface area contributed by atoms with Gasteiger partial charge in [0.1, 0.15) is 17.7 Å². The molecular formula is C14H13N5O3. The van der Waals surface area contributed by atoms with Crippen LogP contribution in [-0.4, -0.2) is 25.7 Å². The van der Waals surface area contributed by atoms with Crippen LogP contribution in [0, 0.1) is 0 Å². The summed E-state index contributed by atoms with van der Waals surface area (Å²) in [7, 11) is 1.77. The molecule has 3 aromatic rings. The predicted octanol–water partition coefficient (Wildman–Crippen LogP) is 0.693. The van der Waals surface area contributed by atoms with Crippen LogP contribution in [0.3, 0.4) is 0 Å². The number of aryl methyl sites for hydroxylation is 1. The molecule has 0 saturated heterocycles. The Bertz CT molecular complexity index is 847. The minimum atomic E-state index is -0.482. The molecule has 0 fully saturated rings. The number of hydrogen-bond acceptors (Lipinski definition) is 5. The second kappa shape index (κ2) is 5.68. The lowest BCUT2D eigenvalue weighted by Crippen LogP contribution is -2.30. The van der Waals surface area contributed by atoms with E-state index >= 15 is 0 Å². The molecule has 2 N–H and O–H groups in total. The summed E-state index contributed by atoms with van der Waals surface area (Å²) in [5, 5.41) is 10.2. The average molecular weight is 299 g/mol. The molecule has 0 bridgehead atoms. The Morgan fingerprint density at radius 2 is 2.27 bits per heavy atom. The zero-order chi connectivity index (χ0) is 15.5. The first-order valence-electron chi connectivity index (χ1n) is 6.53. The second-order valence-corrected chi connectivity index (χ2v) is 4.63. The number of aromatic nitrogens is 4. The van der Waals surface area contributed by atoms with Gasteiger partial charge in [0.2, 0.25) is 0 Å². The molecule has 3 heterocycles. The summed E-state index contributed by atoms with van der Waals surface area (Å²) < 4.78 is 6.88. The highest BCUT2D eigenvalue weighted by Crippen LogP contribution is 2.15. The lowest BCUT2D eigenvalue weighted by atomic mass is 10.2. The van der Waals surface area contributed by atoms with E-state index in [2.05, 4.69) is 20.5 Å². The third-order valence-corrected chi connectivity index (χ3v) is 3.15. The number of carbonyl (C=O) groups excluding carboxylic acids is 1. The molecule has 0 unspecified atom stereocenters. The molecule has 0 aliphatic heterocycles. The Hall–Kier alpha value is -3.16. The third kappa shape index (κ3) is 2.66. The van der Waals surface area contributed by atoms with Gasteiger partial charge in [-0.05, 0) is 24.3 Å². The van der Waals surface area contributed by atoms with Crippen LogP contribution in [0.1, 0.15) is 16.2 Å². The van der Waals surface area contributed by atoms with Gasteiger partial charge in [0.05, 0.1) is 18.5 Å². The number of furan rings is 1. The van der Waals surface area contributed by atoms with Crippen molar-refractivity contribution in [2.75, 3.05) is 0 Å². The van der Waals surface area contributed by atoms with E-state index in [-0.39, 0.29) is 12.1 Å². The fourth-order valence-corrected chi connectivity index (χ4v) is 1.95. The monoisotopic (exact) mass is 299 g/mol. The zero-order valence-corrected chi connectivity index (χ0v) is 11.7.